The highest BCUT2D eigenvalue weighted by Crippen LogP contribution is 2.41. The van der Waals surface area contributed by atoms with Crippen molar-refractivity contribution >= 4 is 45.9 Å². The van der Waals surface area contributed by atoms with Crippen molar-refractivity contribution in [1.82, 2.24) is 40.1 Å². The van der Waals surface area contributed by atoms with E-state index in [0.29, 0.717) is 43.9 Å². The highest BCUT2D eigenvalue weighted by molar-refractivity contribution is 7.10. The zero-order chi connectivity index (χ0) is 45.2. The maximum absolute atomic E-state index is 14.3. The van der Waals surface area contributed by atoms with Crippen LogP contribution in [-0.2, 0) is 53.3 Å². The molecule has 6 heterocycles. The standard InChI is InChI=1S/C47H60N8O7S/c1-29(60-9)42-32(12-10-19-48-42)43-34-24-46(2,3)28-62-45(59)35-13-11-20-55(51-35)44(58)36(23-40-50-37(27-63-40)30-14-15-38(53(43)8)33(34)22-30)49-39(56)17-21-61-31-25-54(26-31)41(57)16-18-47(4,5)52(6)7/h10,12,14-15,19,22,27,29,31,35-36,51H,11,13,17,20-21,23-26,28H2,1-9H3,(H,49,56)/t29-,35-,36-/m0/s1. The van der Waals surface area contributed by atoms with Gasteiger partial charge in [0.25, 0.3) is 11.8 Å². The minimum Gasteiger partial charge on any atom is -0.464 e. The minimum absolute atomic E-state index is 0.0126. The molecule has 0 saturated carbocycles. The third-order valence-electron chi connectivity index (χ3n) is 12.4. The number of fused-ring (bicyclic) bond motifs is 6. The predicted molar refractivity (Wildman–Crippen MR) is 241 cm³/mol. The highest BCUT2D eigenvalue weighted by Gasteiger charge is 2.36. The van der Waals surface area contributed by atoms with Gasteiger partial charge in [-0.05, 0) is 89.9 Å². The van der Waals surface area contributed by atoms with Crippen molar-refractivity contribution in [3.8, 4) is 34.4 Å². The Morgan fingerprint density at radius 2 is 1.97 bits per heavy atom. The summed E-state index contributed by atoms with van der Waals surface area (Å²) in [5.41, 5.74) is 8.82. The average molecular weight is 881 g/mol. The molecule has 2 fully saturated rings. The number of carbonyl (C=O) groups excluding carboxylic acids is 4. The topological polar surface area (TPSA) is 160 Å². The first-order valence-electron chi connectivity index (χ1n) is 21.6. The number of ether oxygens (including phenoxy) is 3. The maximum Gasteiger partial charge on any atom is 0.324 e. The molecule has 4 aromatic rings. The van der Waals surface area contributed by atoms with Gasteiger partial charge in [0.05, 0.1) is 53.1 Å². The molecular weight excluding hydrogens is 821 g/mol. The number of cyclic esters (lactones) is 1. The second-order valence-corrected chi connectivity index (χ2v) is 19.2. The van der Waals surface area contributed by atoms with Crippen molar-refractivity contribution in [2.24, 2.45) is 12.5 Å². The third-order valence-corrected chi connectivity index (χ3v) is 13.3. The Bertz CT molecular complexity index is 2420. The lowest BCUT2D eigenvalue weighted by Crippen LogP contribution is -2.60. The molecule has 6 bridgehead atoms. The number of hydrogen-bond acceptors (Lipinski definition) is 12. The Labute approximate surface area is 373 Å². The molecule has 3 atom stereocenters. The Morgan fingerprint density at radius 1 is 1.19 bits per heavy atom. The number of likely N-dealkylation sites (tertiary alicyclic amines) is 1. The fourth-order valence-electron chi connectivity index (χ4n) is 8.06. The molecule has 15 nitrogen and oxygen atoms in total. The molecule has 2 N–H and O–H groups in total. The summed E-state index contributed by atoms with van der Waals surface area (Å²) >= 11 is 1.43. The number of pyridine rings is 1. The third kappa shape index (κ3) is 10.3. The molecule has 0 aliphatic carbocycles. The van der Waals surface area contributed by atoms with Crippen LogP contribution in [0.5, 0.6) is 0 Å². The number of benzene rings is 1. The van der Waals surface area contributed by atoms with Crippen LogP contribution in [0.3, 0.4) is 0 Å². The molecule has 2 saturated heterocycles. The highest BCUT2D eigenvalue weighted by atomic mass is 32.1. The van der Waals surface area contributed by atoms with Crippen molar-refractivity contribution in [1.29, 1.82) is 0 Å². The Kier molecular flexibility index (Phi) is 13.7. The van der Waals surface area contributed by atoms with Crippen LogP contribution in [0.25, 0.3) is 33.4 Å². The van der Waals surface area contributed by atoms with E-state index in [1.807, 2.05) is 51.2 Å². The summed E-state index contributed by atoms with van der Waals surface area (Å²) in [6.07, 6.45) is 3.15. The Balaban J connectivity index is 1.13. The second kappa shape index (κ2) is 18.9. The van der Waals surface area contributed by atoms with Gasteiger partial charge in [0.2, 0.25) is 5.91 Å². The summed E-state index contributed by atoms with van der Waals surface area (Å²) in [5, 5.41) is 8.09. The van der Waals surface area contributed by atoms with Gasteiger partial charge in [0.1, 0.15) is 12.1 Å². The van der Waals surface area contributed by atoms with Gasteiger partial charge in [-0.15, -0.1) is 11.3 Å². The van der Waals surface area contributed by atoms with Crippen LogP contribution in [0, 0.1) is 17.3 Å². The average Bonchev–Trinajstić information content (AvgIpc) is 3.82. The van der Waals surface area contributed by atoms with Crippen molar-refractivity contribution in [2.45, 2.75) is 96.6 Å². The predicted octanol–water partition coefficient (Wildman–Crippen LogP) is 4.68. The van der Waals surface area contributed by atoms with Gasteiger partial charge in [-0.2, -0.15) is 0 Å². The van der Waals surface area contributed by atoms with Crippen LogP contribution in [0.15, 0.2) is 41.9 Å². The largest absolute Gasteiger partial charge is 0.464 e. The van der Waals surface area contributed by atoms with E-state index in [4.69, 9.17) is 24.2 Å². The minimum atomic E-state index is -0.965. The lowest BCUT2D eigenvalue weighted by Gasteiger charge is -2.37. The van der Waals surface area contributed by atoms with Gasteiger partial charge in [0, 0.05) is 85.7 Å². The van der Waals surface area contributed by atoms with E-state index in [2.05, 4.69) is 72.3 Å². The number of methoxy groups -OCH3 is 1. The number of hydrogen-bond donors (Lipinski definition) is 2. The SMILES string of the molecule is CO[C@@H](C)c1ncccc1-c1c2c3cc(ccc3n1C)-c1csc(n1)C[C@H](NC(=O)CCOC1CN(C(=O)C#CC(C)(C)N(C)C)C1)C(=O)N1CCC[C@H](N1)C(=O)OCC(C)(C)C2. The molecule has 0 unspecified atom stereocenters. The summed E-state index contributed by atoms with van der Waals surface area (Å²) in [4.78, 5) is 67.4. The van der Waals surface area contributed by atoms with E-state index in [9.17, 15) is 19.2 Å². The van der Waals surface area contributed by atoms with Gasteiger partial charge in [-0.25, -0.2) is 10.4 Å². The van der Waals surface area contributed by atoms with Crippen LogP contribution >= 0.6 is 11.3 Å². The lowest BCUT2D eigenvalue weighted by atomic mass is 9.84. The van der Waals surface area contributed by atoms with Crippen molar-refractivity contribution in [2.75, 3.05) is 54.1 Å². The van der Waals surface area contributed by atoms with Gasteiger partial charge in [0.15, 0.2) is 0 Å². The number of carbonyl (C=O) groups is 4. The number of aromatic nitrogens is 3. The molecule has 3 aliphatic rings. The summed E-state index contributed by atoms with van der Waals surface area (Å²) in [6, 6.07) is 8.64. The molecule has 0 radical (unpaired) electrons. The van der Waals surface area contributed by atoms with Gasteiger partial charge < -0.3 is 29.0 Å². The molecule has 1 aromatic carbocycles. The molecule has 7 rings (SSSR count). The zero-order valence-corrected chi connectivity index (χ0v) is 38.7. The summed E-state index contributed by atoms with van der Waals surface area (Å²) in [6.45, 7) is 11.5. The number of nitrogens with zero attached hydrogens (tertiary/aromatic N) is 6. The first-order valence-corrected chi connectivity index (χ1v) is 22.5. The summed E-state index contributed by atoms with van der Waals surface area (Å²) in [5.74, 6) is 4.34. The lowest BCUT2D eigenvalue weighted by molar-refractivity contribution is -0.155. The smallest absolute Gasteiger partial charge is 0.324 e. The van der Waals surface area contributed by atoms with Gasteiger partial charge >= 0.3 is 5.97 Å². The Morgan fingerprint density at radius 3 is 2.71 bits per heavy atom. The van der Waals surface area contributed by atoms with Gasteiger partial charge in [-0.1, -0.05) is 25.8 Å². The van der Waals surface area contributed by atoms with Crippen LogP contribution in [0.2, 0.25) is 0 Å². The van der Waals surface area contributed by atoms with E-state index < -0.39 is 29.0 Å². The first-order chi connectivity index (χ1) is 29.9. The molecule has 16 heteroatoms. The molecule has 63 heavy (non-hydrogen) atoms. The maximum atomic E-state index is 14.3. The van der Waals surface area contributed by atoms with Crippen LogP contribution in [0.1, 0.15) is 76.3 Å². The molecule has 3 aromatic heterocycles. The quantitative estimate of drug-likeness (QED) is 0.178. The van der Waals surface area contributed by atoms with E-state index in [0.717, 1.165) is 44.7 Å². The molecular formula is C47H60N8O7S. The fourth-order valence-corrected chi connectivity index (χ4v) is 8.91. The summed E-state index contributed by atoms with van der Waals surface area (Å²) < 4.78 is 19.9. The monoisotopic (exact) mass is 880 g/mol. The van der Waals surface area contributed by atoms with Crippen LogP contribution in [0.4, 0.5) is 0 Å². The molecule has 3 aliphatic heterocycles. The zero-order valence-electron chi connectivity index (χ0n) is 37.9. The fraction of sp³-hybridized carbons (Fsp3) is 0.532. The number of aryl methyl sites for hydroxylation is 1. The first kappa shape index (κ1) is 45.8. The molecule has 336 valence electrons. The number of rotatable bonds is 9. The molecule has 3 amide bonds. The normalized spacial score (nSPS) is 20.1. The van der Waals surface area contributed by atoms with E-state index >= 15 is 0 Å². The van der Waals surface area contributed by atoms with Crippen molar-refractivity contribution in [3.05, 3.63) is 58.2 Å². The number of amides is 3. The number of hydrazine groups is 1. The number of thiazole rings is 1. The van der Waals surface area contributed by atoms with Crippen LogP contribution in [-0.4, -0.2) is 131 Å². The van der Waals surface area contributed by atoms with Crippen LogP contribution < -0.4 is 10.7 Å². The Hall–Kier alpha value is -5.18. The van der Waals surface area contributed by atoms with Gasteiger partial charge in [-0.3, -0.25) is 34.1 Å². The molecule has 0 spiro atoms. The number of esters is 1. The van der Waals surface area contributed by atoms with Crippen molar-refractivity contribution in [3.63, 3.8) is 0 Å². The van der Waals surface area contributed by atoms with E-state index in [-0.39, 0.29) is 56.0 Å². The van der Waals surface area contributed by atoms with E-state index in [1.165, 1.54) is 16.3 Å². The summed E-state index contributed by atoms with van der Waals surface area (Å²) in [7, 11) is 7.57. The van der Waals surface area contributed by atoms with Crippen molar-refractivity contribution < 1.29 is 33.4 Å². The number of nitrogens with one attached hydrogen (secondary N) is 2. The van der Waals surface area contributed by atoms with E-state index in [1.54, 1.807) is 18.2 Å². The second-order valence-electron chi connectivity index (χ2n) is 18.3.